The van der Waals surface area contributed by atoms with Gasteiger partial charge in [0.25, 0.3) is 0 Å². The largest absolute Gasteiger partial charge is 0.396 e. The number of aliphatic hydroxyl groups excluding tert-OH is 1. The van der Waals surface area contributed by atoms with Crippen LogP contribution in [0.1, 0.15) is 38.2 Å². The summed E-state index contributed by atoms with van der Waals surface area (Å²) in [6.45, 7) is 5.40. The van der Waals surface area contributed by atoms with Gasteiger partial charge in [0.1, 0.15) is 0 Å². The fraction of sp³-hybridized carbons (Fsp3) is 0.647. The highest BCUT2D eigenvalue weighted by molar-refractivity contribution is 7.89. The Balaban J connectivity index is 1.89. The Morgan fingerprint density at radius 3 is 2.43 bits per heavy atom. The lowest BCUT2D eigenvalue weighted by molar-refractivity contribution is 0.253. The summed E-state index contributed by atoms with van der Waals surface area (Å²) in [5.74, 6) is 0. The van der Waals surface area contributed by atoms with E-state index < -0.39 is 10.0 Å². The number of sulfonamides is 1. The maximum absolute atomic E-state index is 12.6. The van der Waals surface area contributed by atoms with E-state index in [-0.39, 0.29) is 6.61 Å². The Labute approximate surface area is 139 Å². The van der Waals surface area contributed by atoms with Gasteiger partial charge in [-0.2, -0.15) is 4.31 Å². The molecule has 2 rings (SSSR count). The molecule has 0 spiro atoms. The van der Waals surface area contributed by atoms with Crippen molar-refractivity contribution in [2.75, 3.05) is 19.7 Å². The first-order valence-electron chi connectivity index (χ1n) is 8.37. The van der Waals surface area contributed by atoms with Gasteiger partial charge in [-0.3, -0.25) is 0 Å². The van der Waals surface area contributed by atoms with Gasteiger partial charge in [0, 0.05) is 31.8 Å². The molecule has 0 saturated carbocycles. The highest BCUT2D eigenvalue weighted by Crippen LogP contribution is 2.21. The van der Waals surface area contributed by atoms with Crippen LogP contribution in [0.15, 0.2) is 29.2 Å². The Morgan fingerprint density at radius 2 is 1.87 bits per heavy atom. The number of nitrogens with one attached hydrogen (secondary N) is 1. The minimum Gasteiger partial charge on any atom is -0.396 e. The van der Waals surface area contributed by atoms with Crippen molar-refractivity contribution >= 4 is 10.0 Å². The average molecular weight is 340 g/mol. The summed E-state index contributed by atoms with van der Waals surface area (Å²) in [5.41, 5.74) is 1.06. The Bertz CT molecular complexity index is 578. The van der Waals surface area contributed by atoms with E-state index in [1.54, 1.807) is 16.4 Å². The van der Waals surface area contributed by atoms with Crippen molar-refractivity contribution < 1.29 is 13.5 Å². The van der Waals surface area contributed by atoms with Crippen molar-refractivity contribution in [3.05, 3.63) is 29.8 Å². The smallest absolute Gasteiger partial charge is 0.243 e. The van der Waals surface area contributed by atoms with E-state index in [1.165, 1.54) is 0 Å². The van der Waals surface area contributed by atoms with Crippen molar-refractivity contribution in [1.82, 2.24) is 9.62 Å². The average Bonchev–Trinajstić information content (AvgIpc) is 2.54. The molecule has 23 heavy (non-hydrogen) atoms. The van der Waals surface area contributed by atoms with Crippen LogP contribution in [-0.2, 0) is 10.0 Å². The zero-order valence-corrected chi connectivity index (χ0v) is 14.8. The molecule has 0 radical (unpaired) electrons. The summed E-state index contributed by atoms with van der Waals surface area (Å²) >= 11 is 0. The SMILES string of the molecule is Cc1ccc(S(=O)(=O)N2CCC(NC(C)CCCO)CC2)cc1. The fourth-order valence-electron chi connectivity index (χ4n) is 3.01. The number of benzene rings is 1. The second kappa shape index (κ2) is 8.24. The van der Waals surface area contributed by atoms with E-state index in [2.05, 4.69) is 12.2 Å². The molecule has 0 amide bonds. The first-order valence-corrected chi connectivity index (χ1v) is 9.81. The van der Waals surface area contributed by atoms with Crippen LogP contribution in [0.4, 0.5) is 0 Å². The van der Waals surface area contributed by atoms with Gasteiger partial charge < -0.3 is 10.4 Å². The highest BCUT2D eigenvalue weighted by atomic mass is 32.2. The minimum atomic E-state index is -3.37. The standard InChI is InChI=1S/C17H28N2O3S/c1-14-5-7-17(8-6-14)23(21,22)19-11-9-16(10-12-19)18-15(2)4-3-13-20/h5-8,15-16,18,20H,3-4,9-13H2,1-2H3. The predicted octanol–water partition coefficient (Wildman–Crippen LogP) is 1.90. The quantitative estimate of drug-likeness (QED) is 0.795. The van der Waals surface area contributed by atoms with Gasteiger partial charge in [-0.25, -0.2) is 8.42 Å². The first kappa shape index (κ1) is 18.4. The molecule has 1 aromatic carbocycles. The molecular formula is C17H28N2O3S. The van der Waals surface area contributed by atoms with E-state index in [9.17, 15) is 8.42 Å². The summed E-state index contributed by atoms with van der Waals surface area (Å²) in [6, 6.07) is 7.76. The number of hydrogen-bond donors (Lipinski definition) is 2. The molecule has 1 aromatic rings. The van der Waals surface area contributed by atoms with Gasteiger partial charge in [0.15, 0.2) is 0 Å². The Morgan fingerprint density at radius 1 is 1.26 bits per heavy atom. The second-order valence-electron chi connectivity index (χ2n) is 6.42. The number of aliphatic hydroxyl groups is 1. The number of nitrogens with zero attached hydrogens (tertiary/aromatic N) is 1. The van der Waals surface area contributed by atoms with Crippen LogP contribution < -0.4 is 5.32 Å². The number of hydrogen-bond acceptors (Lipinski definition) is 4. The summed E-state index contributed by atoms with van der Waals surface area (Å²) < 4.78 is 26.9. The van der Waals surface area contributed by atoms with Gasteiger partial charge in [-0.15, -0.1) is 0 Å². The summed E-state index contributed by atoms with van der Waals surface area (Å²) in [7, 11) is -3.37. The minimum absolute atomic E-state index is 0.221. The molecule has 5 nitrogen and oxygen atoms in total. The van der Waals surface area contributed by atoms with E-state index >= 15 is 0 Å². The predicted molar refractivity (Wildman–Crippen MR) is 91.9 cm³/mol. The lowest BCUT2D eigenvalue weighted by atomic mass is 10.0. The molecule has 1 unspecified atom stereocenters. The summed E-state index contributed by atoms with van der Waals surface area (Å²) in [4.78, 5) is 0.380. The number of rotatable bonds is 7. The van der Waals surface area contributed by atoms with E-state index in [1.807, 2.05) is 19.1 Å². The van der Waals surface area contributed by atoms with E-state index in [4.69, 9.17) is 5.11 Å². The molecule has 2 N–H and O–H groups in total. The van der Waals surface area contributed by atoms with Crippen LogP contribution in [0.25, 0.3) is 0 Å². The molecule has 0 aliphatic carbocycles. The van der Waals surface area contributed by atoms with Gasteiger partial charge in [0.2, 0.25) is 10.0 Å². The third kappa shape index (κ3) is 5.01. The van der Waals surface area contributed by atoms with E-state index in [0.29, 0.717) is 30.1 Å². The monoisotopic (exact) mass is 340 g/mol. The lowest BCUT2D eigenvalue weighted by Crippen LogP contribution is -2.47. The van der Waals surface area contributed by atoms with Gasteiger partial charge in [0.05, 0.1) is 4.90 Å². The van der Waals surface area contributed by atoms with Crippen molar-refractivity contribution in [2.24, 2.45) is 0 Å². The maximum Gasteiger partial charge on any atom is 0.243 e. The van der Waals surface area contributed by atoms with Crippen LogP contribution >= 0.6 is 0 Å². The summed E-state index contributed by atoms with van der Waals surface area (Å²) in [6.07, 6.45) is 3.40. The van der Waals surface area contributed by atoms with Crippen molar-refractivity contribution in [2.45, 2.75) is 56.5 Å². The molecule has 1 atom stereocenters. The highest BCUT2D eigenvalue weighted by Gasteiger charge is 2.29. The van der Waals surface area contributed by atoms with Gasteiger partial charge in [-0.05, 0) is 51.7 Å². The van der Waals surface area contributed by atoms with Crippen molar-refractivity contribution in [1.29, 1.82) is 0 Å². The maximum atomic E-state index is 12.6. The Hall–Kier alpha value is -0.950. The molecule has 1 fully saturated rings. The van der Waals surface area contributed by atoms with Crippen LogP contribution in [0, 0.1) is 6.92 Å². The second-order valence-corrected chi connectivity index (χ2v) is 8.36. The fourth-order valence-corrected chi connectivity index (χ4v) is 4.48. The third-order valence-corrected chi connectivity index (χ3v) is 6.34. The third-order valence-electron chi connectivity index (χ3n) is 4.43. The van der Waals surface area contributed by atoms with Crippen LogP contribution in [-0.4, -0.2) is 49.6 Å². The molecule has 1 aliphatic rings. The van der Waals surface area contributed by atoms with Crippen LogP contribution in [0.2, 0.25) is 0 Å². The van der Waals surface area contributed by atoms with Gasteiger partial charge >= 0.3 is 0 Å². The molecule has 0 aromatic heterocycles. The molecular weight excluding hydrogens is 312 g/mol. The van der Waals surface area contributed by atoms with E-state index in [0.717, 1.165) is 31.2 Å². The molecule has 6 heteroatoms. The van der Waals surface area contributed by atoms with Gasteiger partial charge in [-0.1, -0.05) is 17.7 Å². The molecule has 1 aliphatic heterocycles. The first-order chi connectivity index (χ1) is 10.9. The molecule has 0 bridgehead atoms. The molecule has 1 heterocycles. The number of aryl methyl sites for hydroxylation is 1. The lowest BCUT2D eigenvalue weighted by Gasteiger charge is -2.33. The Kier molecular flexibility index (Phi) is 6.59. The molecule has 1 saturated heterocycles. The van der Waals surface area contributed by atoms with Crippen molar-refractivity contribution in [3.63, 3.8) is 0 Å². The molecule has 130 valence electrons. The van der Waals surface area contributed by atoms with Crippen LogP contribution in [0.5, 0.6) is 0 Å². The summed E-state index contributed by atoms with van der Waals surface area (Å²) in [5, 5.41) is 12.4. The number of piperidine rings is 1. The van der Waals surface area contributed by atoms with Crippen molar-refractivity contribution in [3.8, 4) is 0 Å². The topological polar surface area (TPSA) is 69.6 Å². The zero-order valence-electron chi connectivity index (χ0n) is 14.0. The normalized spacial score (nSPS) is 18.9. The zero-order chi connectivity index (χ0) is 16.9. The van der Waals surface area contributed by atoms with Crippen LogP contribution in [0.3, 0.4) is 0 Å².